The van der Waals surface area contributed by atoms with Crippen LogP contribution in [0.25, 0.3) is 0 Å². The first kappa shape index (κ1) is 11.7. The van der Waals surface area contributed by atoms with E-state index in [1.807, 2.05) is 0 Å². The topological polar surface area (TPSA) is 47.3 Å². The zero-order chi connectivity index (χ0) is 12.1. The number of nitrogens with two attached hydrogens (primary N) is 1. The van der Waals surface area contributed by atoms with Gasteiger partial charge in [0.15, 0.2) is 0 Å². The highest BCUT2D eigenvalue weighted by Gasteiger charge is 2.66. The maximum atomic E-state index is 5.82. The van der Waals surface area contributed by atoms with E-state index in [0.29, 0.717) is 12.1 Å². The zero-order valence-electron chi connectivity index (χ0n) is 11.2. The third-order valence-corrected chi connectivity index (χ3v) is 6.30. The van der Waals surface area contributed by atoms with E-state index in [9.17, 15) is 0 Å². The first-order valence-corrected chi connectivity index (χ1v) is 7.96. The van der Waals surface area contributed by atoms with Crippen molar-refractivity contribution >= 4 is 0 Å². The normalized spacial score (nSPS) is 50.5. The Hall–Kier alpha value is -0.120. The first-order chi connectivity index (χ1) is 8.88. The monoisotopic (exact) mass is 250 g/mol. The largest absolute Gasteiger partial charge is 0.378 e. The summed E-state index contributed by atoms with van der Waals surface area (Å²) in [5.74, 6) is 10.9. The number of fused-ring (bicyclic) bond motifs is 5. The molecular formula is C15H26N2O. The summed E-state index contributed by atoms with van der Waals surface area (Å²) in [5, 5.41) is 0. The van der Waals surface area contributed by atoms with Crippen LogP contribution in [0.1, 0.15) is 44.9 Å². The van der Waals surface area contributed by atoms with Gasteiger partial charge in [-0.3, -0.25) is 11.3 Å². The quantitative estimate of drug-likeness (QED) is 0.580. The van der Waals surface area contributed by atoms with Crippen molar-refractivity contribution in [2.75, 3.05) is 6.61 Å². The molecule has 4 rings (SSSR count). The Bertz CT molecular complexity index is 300. The van der Waals surface area contributed by atoms with Gasteiger partial charge in [0, 0.05) is 12.6 Å². The highest BCUT2D eigenvalue weighted by Crippen LogP contribution is 2.70. The van der Waals surface area contributed by atoms with E-state index in [0.717, 1.165) is 36.2 Å². The van der Waals surface area contributed by atoms with Gasteiger partial charge in [0.05, 0.1) is 6.10 Å². The molecule has 3 nitrogen and oxygen atoms in total. The van der Waals surface area contributed by atoms with Crippen molar-refractivity contribution in [2.45, 2.75) is 57.1 Å². The van der Waals surface area contributed by atoms with Crippen LogP contribution in [0.4, 0.5) is 0 Å². The predicted molar refractivity (Wildman–Crippen MR) is 70.6 cm³/mol. The lowest BCUT2D eigenvalue weighted by atomic mass is 9.94. The minimum atomic E-state index is 0.524. The molecule has 3 heteroatoms. The van der Waals surface area contributed by atoms with E-state index in [1.165, 1.54) is 44.9 Å². The third kappa shape index (κ3) is 1.75. The Morgan fingerprint density at radius 1 is 1.17 bits per heavy atom. The summed E-state index contributed by atoms with van der Waals surface area (Å²) in [6.45, 7) is 0.976. The molecule has 102 valence electrons. The molecule has 4 fully saturated rings. The molecule has 1 heterocycles. The maximum absolute atomic E-state index is 5.82. The Morgan fingerprint density at radius 3 is 2.56 bits per heavy atom. The summed E-state index contributed by atoms with van der Waals surface area (Å²) in [6.07, 6.45) is 10.0. The number of hydrogen-bond acceptors (Lipinski definition) is 3. The van der Waals surface area contributed by atoms with Gasteiger partial charge in [0.2, 0.25) is 0 Å². The van der Waals surface area contributed by atoms with E-state index in [1.54, 1.807) is 0 Å². The summed E-state index contributed by atoms with van der Waals surface area (Å²) in [4.78, 5) is 0. The Labute approximate surface area is 110 Å². The molecule has 3 saturated carbocycles. The average Bonchev–Trinajstić information content (AvgIpc) is 2.84. The molecule has 4 aliphatic rings. The first-order valence-electron chi connectivity index (χ1n) is 7.96. The van der Waals surface area contributed by atoms with Gasteiger partial charge in [-0.15, -0.1) is 0 Å². The van der Waals surface area contributed by atoms with Crippen LogP contribution in [0.3, 0.4) is 0 Å². The van der Waals surface area contributed by atoms with Gasteiger partial charge in [-0.05, 0) is 74.5 Å². The van der Waals surface area contributed by atoms with Gasteiger partial charge in [-0.1, -0.05) is 0 Å². The number of hydrogen-bond donors (Lipinski definition) is 2. The maximum Gasteiger partial charge on any atom is 0.0576 e. The second-order valence-electron chi connectivity index (χ2n) is 7.05. The Kier molecular flexibility index (Phi) is 2.90. The molecule has 2 bridgehead atoms. The molecule has 6 unspecified atom stereocenters. The molecule has 6 atom stereocenters. The van der Waals surface area contributed by atoms with Gasteiger partial charge in [-0.2, -0.15) is 0 Å². The van der Waals surface area contributed by atoms with Crippen molar-refractivity contribution in [3.8, 4) is 0 Å². The van der Waals surface area contributed by atoms with Crippen LogP contribution in [0.15, 0.2) is 0 Å². The SMILES string of the molecule is NNC(CCC1CCCO1)C1C2C3CCC(C3)C21. The summed E-state index contributed by atoms with van der Waals surface area (Å²) >= 11 is 0. The predicted octanol–water partition coefficient (Wildman–Crippen LogP) is 2.07. The van der Waals surface area contributed by atoms with Crippen LogP contribution in [-0.2, 0) is 4.74 Å². The third-order valence-electron chi connectivity index (χ3n) is 6.30. The lowest BCUT2D eigenvalue weighted by Crippen LogP contribution is -2.39. The average molecular weight is 250 g/mol. The van der Waals surface area contributed by atoms with Crippen molar-refractivity contribution in [3.05, 3.63) is 0 Å². The van der Waals surface area contributed by atoms with E-state index < -0.39 is 0 Å². The Balaban J connectivity index is 1.32. The van der Waals surface area contributed by atoms with Gasteiger partial charge in [0.1, 0.15) is 0 Å². The minimum absolute atomic E-state index is 0.524. The van der Waals surface area contributed by atoms with E-state index in [-0.39, 0.29) is 0 Å². The van der Waals surface area contributed by atoms with E-state index in [4.69, 9.17) is 10.6 Å². The van der Waals surface area contributed by atoms with Gasteiger partial charge >= 0.3 is 0 Å². The minimum Gasteiger partial charge on any atom is -0.378 e. The smallest absolute Gasteiger partial charge is 0.0576 e. The summed E-state index contributed by atoms with van der Waals surface area (Å²) in [6, 6.07) is 0.563. The number of rotatable bonds is 5. The highest BCUT2D eigenvalue weighted by molar-refractivity contribution is 5.15. The summed E-state index contributed by atoms with van der Waals surface area (Å²) in [7, 11) is 0. The van der Waals surface area contributed by atoms with Crippen molar-refractivity contribution in [1.82, 2.24) is 5.43 Å². The molecular weight excluding hydrogens is 224 g/mol. The van der Waals surface area contributed by atoms with Crippen molar-refractivity contribution < 1.29 is 4.74 Å². The molecule has 3 N–H and O–H groups in total. The summed E-state index contributed by atoms with van der Waals surface area (Å²) in [5.41, 5.74) is 3.13. The van der Waals surface area contributed by atoms with Gasteiger partial charge in [-0.25, -0.2) is 0 Å². The molecule has 0 amide bonds. The molecule has 0 radical (unpaired) electrons. The second-order valence-corrected chi connectivity index (χ2v) is 7.05. The molecule has 1 aliphatic heterocycles. The van der Waals surface area contributed by atoms with Gasteiger partial charge < -0.3 is 4.74 Å². The highest BCUT2D eigenvalue weighted by atomic mass is 16.5. The van der Waals surface area contributed by atoms with Crippen molar-refractivity contribution in [1.29, 1.82) is 0 Å². The molecule has 18 heavy (non-hydrogen) atoms. The molecule has 3 aliphatic carbocycles. The van der Waals surface area contributed by atoms with Crippen LogP contribution >= 0.6 is 0 Å². The molecule has 0 aromatic rings. The molecule has 0 spiro atoms. The van der Waals surface area contributed by atoms with Crippen LogP contribution in [-0.4, -0.2) is 18.8 Å². The fraction of sp³-hybridized carbons (Fsp3) is 1.00. The van der Waals surface area contributed by atoms with E-state index >= 15 is 0 Å². The fourth-order valence-corrected chi connectivity index (χ4v) is 5.55. The Morgan fingerprint density at radius 2 is 1.94 bits per heavy atom. The fourth-order valence-electron chi connectivity index (χ4n) is 5.55. The van der Waals surface area contributed by atoms with Crippen LogP contribution in [0, 0.1) is 29.6 Å². The molecule has 1 saturated heterocycles. The van der Waals surface area contributed by atoms with E-state index in [2.05, 4.69) is 5.43 Å². The van der Waals surface area contributed by atoms with Crippen LogP contribution in [0.5, 0.6) is 0 Å². The van der Waals surface area contributed by atoms with Crippen molar-refractivity contribution in [2.24, 2.45) is 35.4 Å². The second kappa shape index (κ2) is 4.46. The van der Waals surface area contributed by atoms with Crippen LogP contribution < -0.4 is 11.3 Å². The lowest BCUT2D eigenvalue weighted by molar-refractivity contribution is 0.0980. The summed E-state index contributed by atoms with van der Waals surface area (Å²) < 4.78 is 5.73. The standard InChI is InChI=1S/C15H26N2O/c16-17-12(6-5-11-2-1-7-18-11)15-13-9-3-4-10(8-9)14(13)15/h9-15,17H,1-8,16H2. The van der Waals surface area contributed by atoms with Crippen LogP contribution in [0.2, 0.25) is 0 Å². The van der Waals surface area contributed by atoms with Crippen molar-refractivity contribution in [3.63, 3.8) is 0 Å². The molecule has 0 aromatic carbocycles. The van der Waals surface area contributed by atoms with Gasteiger partial charge in [0.25, 0.3) is 0 Å². The lowest BCUT2D eigenvalue weighted by Gasteiger charge is -2.21. The molecule has 0 aromatic heterocycles. The number of nitrogens with one attached hydrogen (secondary N) is 1. The zero-order valence-corrected chi connectivity index (χ0v) is 11.2. The number of hydrazine groups is 1. The number of ether oxygens (including phenoxy) is 1.